The third-order valence-corrected chi connectivity index (χ3v) is 5.20. The lowest BCUT2D eigenvalue weighted by Crippen LogP contribution is -2.46. The minimum atomic E-state index is -0.337. The van der Waals surface area contributed by atoms with Gasteiger partial charge in [-0.25, -0.2) is 4.39 Å². The lowest BCUT2D eigenvalue weighted by molar-refractivity contribution is 0.0706. The molecule has 4 heteroatoms. The van der Waals surface area contributed by atoms with Gasteiger partial charge in [-0.15, -0.1) is 0 Å². The van der Waals surface area contributed by atoms with Gasteiger partial charge in [-0.1, -0.05) is 12.8 Å². The smallest absolute Gasteiger partial charge is 0.170 e. The predicted octanol–water partition coefficient (Wildman–Crippen LogP) is 3.66. The molecule has 0 radical (unpaired) electrons. The predicted molar refractivity (Wildman–Crippen MR) is 84.5 cm³/mol. The van der Waals surface area contributed by atoms with Crippen molar-refractivity contribution in [2.45, 2.75) is 32.1 Å². The molecule has 2 N–H and O–H groups in total. The van der Waals surface area contributed by atoms with Gasteiger partial charge < -0.3 is 10.3 Å². The van der Waals surface area contributed by atoms with Crippen molar-refractivity contribution in [1.29, 1.82) is 0 Å². The van der Waals surface area contributed by atoms with Crippen molar-refractivity contribution < 1.29 is 9.18 Å². The zero-order valence-electron chi connectivity index (χ0n) is 12.6. The number of halogens is 1. The summed E-state index contributed by atoms with van der Waals surface area (Å²) in [6, 6.07) is 5.06. The summed E-state index contributed by atoms with van der Waals surface area (Å²) < 4.78 is 14.2. The van der Waals surface area contributed by atoms with Gasteiger partial charge in [0.25, 0.3) is 0 Å². The van der Waals surface area contributed by atoms with Crippen molar-refractivity contribution >= 4 is 16.7 Å². The molecule has 2 heterocycles. The number of carbonyl (C=O) groups is 1. The second-order valence-electron chi connectivity index (χ2n) is 6.94. The second kappa shape index (κ2) is 5.20. The molecule has 0 amide bonds. The first-order valence-corrected chi connectivity index (χ1v) is 8.20. The van der Waals surface area contributed by atoms with Gasteiger partial charge in [-0.05, 0) is 49.9 Å². The molecular weight excluding hydrogens is 279 g/mol. The summed E-state index contributed by atoms with van der Waals surface area (Å²) in [4.78, 5) is 16.1. The fourth-order valence-corrected chi connectivity index (χ4v) is 3.87. The Kier molecular flexibility index (Phi) is 3.30. The first kappa shape index (κ1) is 13.9. The number of rotatable bonds is 4. The molecule has 2 aromatic rings. The maximum Gasteiger partial charge on any atom is 0.170 e. The molecular formula is C18H21FN2O. The third-order valence-electron chi connectivity index (χ3n) is 5.20. The Hall–Kier alpha value is -1.68. The Labute approximate surface area is 129 Å². The van der Waals surface area contributed by atoms with Gasteiger partial charge in [0.05, 0.1) is 5.52 Å². The van der Waals surface area contributed by atoms with Gasteiger partial charge in [-0.2, -0.15) is 0 Å². The van der Waals surface area contributed by atoms with Crippen LogP contribution in [0.2, 0.25) is 0 Å². The van der Waals surface area contributed by atoms with Crippen molar-refractivity contribution in [2.75, 3.05) is 13.1 Å². The van der Waals surface area contributed by atoms with Crippen LogP contribution in [0.4, 0.5) is 4.39 Å². The van der Waals surface area contributed by atoms with E-state index in [0.717, 1.165) is 37.7 Å². The van der Waals surface area contributed by atoms with Crippen LogP contribution in [0, 0.1) is 17.2 Å². The highest BCUT2D eigenvalue weighted by Crippen LogP contribution is 2.45. The van der Waals surface area contributed by atoms with Crippen LogP contribution in [0.15, 0.2) is 24.4 Å². The number of H-pyrrole nitrogens is 1. The van der Waals surface area contributed by atoms with Crippen LogP contribution in [0.1, 0.15) is 42.5 Å². The Morgan fingerprint density at radius 2 is 2.23 bits per heavy atom. The molecule has 1 saturated heterocycles. The van der Waals surface area contributed by atoms with E-state index in [2.05, 4.69) is 10.3 Å². The van der Waals surface area contributed by atoms with Crippen LogP contribution >= 0.6 is 0 Å². The summed E-state index contributed by atoms with van der Waals surface area (Å²) in [5.41, 5.74) is 0.666. The Balaban J connectivity index is 1.72. The van der Waals surface area contributed by atoms with Gasteiger partial charge in [0, 0.05) is 29.1 Å². The summed E-state index contributed by atoms with van der Waals surface area (Å²) in [5.74, 6) is 0.467. The molecule has 22 heavy (non-hydrogen) atoms. The zero-order chi connectivity index (χ0) is 15.2. The van der Waals surface area contributed by atoms with Crippen molar-refractivity contribution in [3.8, 4) is 0 Å². The number of aromatic nitrogens is 1. The van der Waals surface area contributed by atoms with Crippen molar-refractivity contribution in [3.63, 3.8) is 0 Å². The Morgan fingerprint density at radius 1 is 1.36 bits per heavy atom. The lowest BCUT2D eigenvalue weighted by atomic mass is 9.71. The highest BCUT2D eigenvalue weighted by Gasteiger charge is 2.44. The average molecular weight is 300 g/mol. The maximum absolute atomic E-state index is 14.2. The number of Topliss-reactive ketones (excluding diaryl/α,β-unsaturated/α-hetero) is 1. The van der Waals surface area contributed by atoms with E-state index in [1.165, 1.54) is 18.9 Å². The number of fused-ring (bicyclic) bond motifs is 1. The van der Waals surface area contributed by atoms with E-state index in [1.54, 1.807) is 6.20 Å². The number of ketones is 1. The minimum absolute atomic E-state index is 0.119. The van der Waals surface area contributed by atoms with Crippen LogP contribution < -0.4 is 5.32 Å². The van der Waals surface area contributed by atoms with Gasteiger partial charge in [-0.3, -0.25) is 4.79 Å². The zero-order valence-corrected chi connectivity index (χ0v) is 12.6. The van der Waals surface area contributed by atoms with E-state index in [1.807, 2.05) is 12.1 Å². The molecule has 3 nitrogen and oxygen atoms in total. The number of nitrogens with one attached hydrogen (secondary N) is 2. The summed E-state index contributed by atoms with van der Waals surface area (Å²) in [5, 5.41) is 4.16. The van der Waals surface area contributed by atoms with Crippen molar-refractivity contribution in [2.24, 2.45) is 11.3 Å². The van der Waals surface area contributed by atoms with E-state index in [4.69, 9.17) is 0 Å². The largest absolute Gasteiger partial charge is 0.359 e. The maximum atomic E-state index is 14.2. The lowest BCUT2D eigenvalue weighted by Gasteiger charge is -2.36. The average Bonchev–Trinajstić information content (AvgIpc) is 3.20. The topological polar surface area (TPSA) is 44.9 Å². The van der Waals surface area contributed by atoms with E-state index < -0.39 is 0 Å². The first-order valence-electron chi connectivity index (χ1n) is 8.20. The van der Waals surface area contributed by atoms with E-state index >= 15 is 0 Å². The normalized spacial score (nSPS) is 25.5. The Bertz CT molecular complexity index is 711. The number of hydrogen-bond acceptors (Lipinski definition) is 2. The number of hydrogen-bond donors (Lipinski definition) is 2. The molecule has 1 aromatic heterocycles. The van der Waals surface area contributed by atoms with Gasteiger partial charge in [0.2, 0.25) is 0 Å². The van der Waals surface area contributed by atoms with Crippen molar-refractivity contribution in [1.82, 2.24) is 10.3 Å². The van der Waals surface area contributed by atoms with Crippen molar-refractivity contribution in [3.05, 3.63) is 35.8 Å². The molecule has 1 aliphatic carbocycles. The fourth-order valence-electron chi connectivity index (χ4n) is 3.87. The number of aromatic amines is 1. The summed E-state index contributed by atoms with van der Waals surface area (Å²) >= 11 is 0. The standard InChI is InChI=1S/C18H21FN2O/c19-15-9-14(8-13-4-7-21-16(13)15)17(22)18(10-12-2-3-12)5-1-6-20-11-18/h4,7-9,12,20-21H,1-3,5-6,10-11H2. The molecule has 116 valence electrons. The van der Waals surface area contributed by atoms with Crippen LogP contribution in [-0.4, -0.2) is 23.9 Å². The molecule has 2 fully saturated rings. The van der Waals surface area contributed by atoms with E-state index in [-0.39, 0.29) is 17.0 Å². The SMILES string of the molecule is O=C(c1cc(F)c2[nH]ccc2c1)C1(CC2CC2)CCCNC1. The molecule has 1 aliphatic heterocycles. The number of carbonyl (C=O) groups excluding carboxylic acids is 1. The summed E-state index contributed by atoms with van der Waals surface area (Å²) in [7, 11) is 0. The molecule has 2 aliphatic rings. The van der Waals surface area contributed by atoms with Gasteiger partial charge in [0.1, 0.15) is 5.82 Å². The first-order chi connectivity index (χ1) is 10.7. The molecule has 1 saturated carbocycles. The number of piperidine rings is 1. The van der Waals surface area contributed by atoms with E-state index in [9.17, 15) is 9.18 Å². The van der Waals surface area contributed by atoms with Crippen LogP contribution in [0.3, 0.4) is 0 Å². The third kappa shape index (κ3) is 2.35. The summed E-state index contributed by atoms with van der Waals surface area (Å²) in [6.45, 7) is 1.71. The highest BCUT2D eigenvalue weighted by molar-refractivity contribution is 6.03. The molecule has 0 spiro atoms. The number of benzene rings is 1. The minimum Gasteiger partial charge on any atom is -0.359 e. The highest BCUT2D eigenvalue weighted by atomic mass is 19.1. The molecule has 1 aromatic carbocycles. The van der Waals surface area contributed by atoms with Gasteiger partial charge >= 0.3 is 0 Å². The van der Waals surface area contributed by atoms with Crippen LogP contribution in [-0.2, 0) is 0 Å². The van der Waals surface area contributed by atoms with Crippen LogP contribution in [0.5, 0.6) is 0 Å². The van der Waals surface area contributed by atoms with Crippen LogP contribution in [0.25, 0.3) is 10.9 Å². The summed E-state index contributed by atoms with van der Waals surface area (Å²) in [6.07, 6.45) is 7.08. The Morgan fingerprint density at radius 3 is 2.95 bits per heavy atom. The molecule has 4 rings (SSSR count). The van der Waals surface area contributed by atoms with Gasteiger partial charge in [0.15, 0.2) is 5.78 Å². The fraction of sp³-hybridized carbons (Fsp3) is 0.500. The molecule has 1 atom stereocenters. The van der Waals surface area contributed by atoms with E-state index in [0.29, 0.717) is 17.0 Å². The molecule has 0 bridgehead atoms. The monoisotopic (exact) mass is 300 g/mol. The quantitative estimate of drug-likeness (QED) is 0.846. The molecule has 1 unspecified atom stereocenters. The second-order valence-corrected chi connectivity index (χ2v) is 6.94.